The molecule has 8 rings (SSSR count). The molecule has 0 radical (unpaired) electrons. The number of hydrogen-bond acceptors (Lipinski definition) is 11. The number of anilines is 1. The molecule has 1 saturated carbocycles. The summed E-state index contributed by atoms with van der Waals surface area (Å²) in [7, 11) is 1.40. The number of nitrogens with zero attached hydrogens (tertiary/aromatic N) is 4. The van der Waals surface area contributed by atoms with Crippen molar-refractivity contribution in [2.45, 2.75) is 63.5 Å². The van der Waals surface area contributed by atoms with E-state index in [0.29, 0.717) is 37.0 Å². The van der Waals surface area contributed by atoms with Gasteiger partial charge in [-0.1, -0.05) is 18.6 Å². The number of phenols is 1. The van der Waals surface area contributed by atoms with Crippen molar-refractivity contribution in [1.29, 1.82) is 0 Å². The number of phenolic OH excluding ortho intramolecular Hbond substituents is 1. The van der Waals surface area contributed by atoms with Gasteiger partial charge in [-0.3, -0.25) is 0 Å². The first kappa shape index (κ1) is 34.5. The molecule has 3 aliphatic heterocycles. The Balaban J connectivity index is 0.000000593. The van der Waals surface area contributed by atoms with Crippen LogP contribution >= 0.6 is 0 Å². The summed E-state index contributed by atoms with van der Waals surface area (Å²) >= 11 is 0. The number of nitrogens with one attached hydrogen (secondary N) is 1. The summed E-state index contributed by atoms with van der Waals surface area (Å²) in [6.45, 7) is 4.38. The normalized spacial score (nSPS) is 24.0. The van der Waals surface area contributed by atoms with Gasteiger partial charge in [-0.05, 0) is 75.1 Å². The molecular formula is C37H45F2N5O6. The van der Waals surface area contributed by atoms with Crippen LogP contribution in [0.3, 0.4) is 0 Å². The zero-order valence-electron chi connectivity index (χ0n) is 28.4. The van der Waals surface area contributed by atoms with Crippen LogP contribution in [0.2, 0.25) is 0 Å². The summed E-state index contributed by atoms with van der Waals surface area (Å²) in [5.74, 6) is -1.30. The smallest absolute Gasteiger partial charge is 0.319 e. The molecule has 0 amide bonds. The summed E-state index contributed by atoms with van der Waals surface area (Å²) in [4.78, 5) is 15.6. The number of β-amino-alcohol motifs (C(OH)–C–C–N with tert-alkyl or cyclic N) is 1. The van der Waals surface area contributed by atoms with E-state index in [-0.39, 0.29) is 63.8 Å². The van der Waals surface area contributed by atoms with Gasteiger partial charge in [-0.25, -0.2) is 13.8 Å². The van der Waals surface area contributed by atoms with Crippen LogP contribution in [0, 0.1) is 17.0 Å². The van der Waals surface area contributed by atoms with Crippen LogP contribution in [-0.2, 0) is 9.47 Å². The Hall–Kier alpha value is -3.91. The second-order valence-corrected chi connectivity index (χ2v) is 13.7. The summed E-state index contributed by atoms with van der Waals surface area (Å²) in [6.07, 6.45) is 8.40. The predicted molar refractivity (Wildman–Crippen MR) is 185 cm³/mol. The number of pyridine rings is 1. The van der Waals surface area contributed by atoms with Crippen LogP contribution in [0.15, 0.2) is 30.3 Å². The van der Waals surface area contributed by atoms with Crippen molar-refractivity contribution < 1.29 is 37.9 Å². The number of piperidine rings is 1. The maximum absolute atomic E-state index is 16.8. The lowest BCUT2D eigenvalue weighted by Gasteiger charge is -2.39. The van der Waals surface area contributed by atoms with Gasteiger partial charge in [0.05, 0.1) is 33.0 Å². The first-order valence-electron chi connectivity index (χ1n) is 17.7. The fraction of sp³-hybridized carbons (Fsp3) is 0.541. The zero-order valence-corrected chi connectivity index (χ0v) is 28.4. The molecule has 4 fully saturated rings. The molecule has 5 heterocycles. The molecular weight excluding hydrogens is 648 g/mol. The second kappa shape index (κ2) is 15.1. The average molecular weight is 694 g/mol. The minimum atomic E-state index is -0.840. The second-order valence-electron chi connectivity index (χ2n) is 13.7. The number of aromatic nitrogens is 3. The Labute approximate surface area is 289 Å². The van der Waals surface area contributed by atoms with Crippen molar-refractivity contribution in [3.05, 3.63) is 42.0 Å². The number of ether oxygens (including phenoxy) is 4. The molecule has 4 aromatic rings. The maximum Gasteiger partial charge on any atom is 0.319 e. The minimum absolute atomic E-state index is 0.0105. The molecule has 3 N–H and O–H groups in total. The van der Waals surface area contributed by atoms with Crippen LogP contribution in [0.5, 0.6) is 17.6 Å². The van der Waals surface area contributed by atoms with E-state index in [9.17, 15) is 10.2 Å². The molecule has 3 saturated heterocycles. The van der Waals surface area contributed by atoms with Crippen LogP contribution in [0.1, 0.15) is 51.4 Å². The van der Waals surface area contributed by atoms with Crippen LogP contribution < -0.4 is 19.7 Å². The minimum Gasteiger partial charge on any atom is -0.508 e. The molecule has 2 aromatic carbocycles. The summed E-state index contributed by atoms with van der Waals surface area (Å²) in [5.41, 5.74) is -0.359. The number of halogens is 2. The zero-order chi connectivity index (χ0) is 34.7. The number of fused-ring (bicyclic) bond motifs is 3. The molecule has 4 aliphatic rings. The lowest BCUT2D eigenvalue weighted by atomic mass is 9.76. The Bertz CT molecular complexity index is 1820. The standard InChI is InChI=1S/C32H35F2N5O5.C5H10O/c1-42-30-25-28(26(34)27(36-30)21-14-19(40)13-18-5-2-6-22(33)24(18)21)37-31(38-29(25)39-11-12-43-16-20(41)15-39)44-17-32-8-3-7-23(32)35-10-4-9-32;1-2-4-6-5-3-1/h2,5-6,13-14,20,23,35,40-41H,3-4,7-12,15-17H2,1H3;1-5H2. The number of hydrogen-bond donors (Lipinski definition) is 3. The average Bonchev–Trinajstić information content (AvgIpc) is 3.45. The van der Waals surface area contributed by atoms with Gasteiger partial charge in [0.15, 0.2) is 5.82 Å². The number of aliphatic hydroxyl groups is 1. The van der Waals surface area contributed by atoms with Crippen molar-refractivity contribution in [3.8, 4) is 28.9 Å². The highest BCUT2D eigenvalue weighted by Gasteiger charge is 2.45. The summed E-state index contributed by atoms with van der Waals surface area (Å²) in [6, 6.07) is 7.44. The van der Waals surface area contributed by atoms with E-state index >= 15 is 8.78 Å². The van der Waals surface area contributed by atoms with Gasteiger partial charge in [-0.2, -0.15) is 9.97 Å². The van der Waals surface area contributed by atoms with Crippen molar-refractivity contribution in [2.24, 2.45) is 5.41 Å². The molecule has 268 valence electrons. The van der Waals surface area contributed by atoms with Gasteiger partial charge >= 0.3 is 6.01 Å². The van der Waals surface area contributed by atoms with E-state index < -0.39 is 17.7 Å². The lowest BCUT2D eigenvalue weighted by molar-refractivity contribution is 0.0597. The molecule has 3 atom stereocenters. The van der Waals surface area contributed by atoms with E-state index in [1.54, 1.807) is 11.0 Å². The SMILES string of the molecule is C1CCOCC1.COc1nc(-c2cc(O)cc3cccc(F)c23)c(F)c2nc(OCC34CCCNC3CCC4)nc(N3CCOCC(O)C3)c12. The molecule has 11 nitrogen and oxygen atoms in total. The topological polar surface area (TPSA) is 131 Å². The molecule has 3 unspecified atom stereocenters. The third kappa shape index (κ3) is 7.01. The number of methoxy groups -OCH3 is 1. The first-order valence-corrected chi connectivity index (χ1v) is 17.7. The largest absolute Gasteiger partial charge is 0.508 e. The Morgan fingerprint density at radius 2 is 1.84 bits per heavy atom. The highest BCUT2D eigenvalue weighted by atomic mass is 19.1. The molecule has 2 aromatic heterocycles. The molecule has 0 spiro atoms. The van der Waals surface area contributed by atoms with Gasteiger partial charge < -0.3 is 39.4 Å². The van der Waals surface area contributed by atoms with Crippen LogP contribution in [0.25, 0.3) is 32.9 Å². The Kier molecular flexibility index (Phi) is 10.5. The highest BCUT2D eigenvalue weighted by Crippen LogP contribution is 2.45. The third-order valence-electron chi connectivity index (χ3n) is 10.3. The Morgan fingerprint density at radius 3 is 2.62 bits per heavy atom. The van der Waals surface area contributed by atoms with Gasteiger partial charge in [0.1, 0.15) is 34.0 Å². The van der Waals surface area contributed by atoms with E-state index in [4.69, 9.17) is 23.9 Å². The fourth-order valence-electron chi connectivity index (χ4n) is 7.87. The number of rotatable bonds is 6. The predicted octanol–water partition coefficient (Wildman–Crippen LogP) is 5.52. The molecule has 50 heavy (non-hydrogen) atoms. The fourth-order valence-corrected chi connectivity index (χ4v) is 7.87. The van der Waals surface area contributed by atoms with E-state index in [2.05, 4.69) is 15.3 Å². The van der Waals surface area contributed by atoms with Crippen LogP contribution in [-0.4, -0.2) is 97.1 Å². The molecule has 1 aliphatic carbocycles. The van der Waals surface area contributed by atoms with E-state index in [1.807, 2.05) is 0 Å². The van der Waals surface area contributed by atoms with E-state index in [1.165, 1.54) is 50.6 Å². The number of aromatic hydroxyl groups is 1. The van der Waals surface area contributed by atoms with Gasteiger partial charge in [0.2, 0.25) is 5.88 Å². The summed E-state index contributed by atoms with van der Waals surface area (Å²) < 4.78 is 54.6. The first-order chi connectivity index (χ1) is 24.4. The third-order valence-corrected chi connectivity index (χ3v) is 10.3. The van der Waals surface area contributed by atoms with Crippen molar-refractivity contribution >= 4 is 27.5 Å². The van der Waals surface area contributed by atoms with Crippen molar-refractivity contribution in [3.63, 3.8) is 0 Å². The monoisotopic (exact) mass is 693 g/mol. The Morgan fingerprint density at radius 1 is 1.00 bits per heavy atom. The van der Waals surface area contributed by atoms with Crippen LogP contribution in [0.4, 0.5) is 14.6 Å². The lowest BCUT2D eigenvalue weighted by Crippen LogP contribution is -2.49. The maximum atomic E-state index is 16.8. The molecule has 0 bridgehead atoms. The van der Waals surface area contributed by atoms with Crippen molar-refractivity contribution in [1.82, 2.24) is 20.3 Å². The highest BCUT2D eigenvalue weighted by molar-refractivity contribution is 6.02. The van der Waals surface area contributed by atoms with Gasteiger partial charge in [0.25, 0.3) is 0 Å². The van der Waals surface area contributed by atoms with Crippen molar-refractivity contribution in [2.75, 3.05) is 64.7 Å². The number of aliphatic hydroxyl groups excluding tert-OH is 1. The molecule has 13 heteroatoms. The number of benzene rings is 2. The quantitative estimate of drug-likeness (QED) is 0.236. The van der Waals surface area contributed by atoms with E-state index in [0.717, 1.165) is 51.9 Å². The summed E-state index contributed by atoms with van der Waals surface area (Å²) in [5, 5.41) is 25.3. The van der Waals surface area contributed by atoms with Gasteiger partial charge in [0, 0.05) is 48.7 Å². The van der Waals surface area contributed by atoms with Gasteiger partial charge in [-0.15, -0.1) is 0 Å².